The Kier molecular flexibility index (Phi) is 5.12. The molecule has 1 aromatic rings. The van der Waals surface area contributed by atoms with Crippen molar-refractivity contribution in [3.05, 3.63) is 39.9 Å². The van der Waals surface area contributed by atoms with Crippen LogP contribution in [0.5, 0.6) is 0 Å². The van der Waals surface area contributed by atoms with Gasteiger partial charge < -0.3 is 5.32 Å². The van der Waals surface area contributed by atoms with Gasteiger partial charge in [-0.3, -0.25) is 10.1 Å². The number of nitro groups is 1. The molecule has 4 heteroatoms. The van der Waals surface area contributed by atoms with Crippen LogP contribution in [0.25, 0.3) is 0 Å². The molecule has 0 spiro atoms. The number of rotatable bonds is 5. The van der Waals surface area contributed by atoms with Gasteiger partial charge in [0.1, 0.15) is 0 Å². The van der Waals surface area contributed by atoms with Gasteiger partial charge in [0.2, 0.25) is 0 Å². The van der Waals surface area contributed by atoms with Gasteiger partial charge >= 0.3 is 0 Å². The monoisotopic (exact) mass is 276 g/mol. The van der Waals surface area contributed by atoms with Gasteiger partial charge in [0.05, 0.1) is 4.92 Å². The molecule has 0 bridgehead atoms. The van der Waals surface area contributed by atoms with Gasteiger partial charge in [0, 0.05) is 23.7 Å². The van der Waals surface area contributed by atoms with Gasteiger partial charge in [0.15, 0.2) is 0 Å². The SMILES string of the molecule is CCC1CCC(NC(C)c2ccccc2[N+](=O)[O-])CC1. The Hall–Kier alpha value is -1.42. The highest BCUT2D eigenvalue weighted by Crippen LogP contribution is 2.30. The summed E-state index contributed by atoms with van der Waals surface area (Å²) in [5.41, 5.74) is 1.00. The largest absolute Gasteiger partial charge is 0.307 e. The maximum atomic E-state index is 11.1. The predicted octanol–water partition coefficient (Wildman–Crippen LogP) is 4.21. The smallest absolute Gasteiger partial charge is 0.274 e. The third kappa shape index (κ3) is 3.57. The summed E-state index contributed by atoms with van der Waals surface area (Å²) in [7, 11) is 0. The molecule has 1 unspecified atom stereocenters. The first-order valence-corrected chi connectivity index (χ1v) is 7.61. The van der Waals surface area contributed by atoms with Gasteiger partial charge in [-0.25, -0.2) is 0 Å². The van der Waals surface area contributed by atoms with Gasteiger partial charge in [0.25, 0.3) is 5.69 Å². The molecule has 1 N–H and O–H groups in total. The number of benzene rings is 1. The molecule has 1 fully saturated rings. The number of nitro benzene ring substituents is 1. The minimum absolute atomic E-state index is 0.0276. The van der Waals surface area contributed by atoms with Crippen LogP contribution in [0.3, 0.4) is 0 Å². The second-order valence-electron chi connectivity index (χ2n) is 5.83. The summed E-state index contributed by atoms with van der Waals surface area (Å²) in [6, 6.07) is 7.55. The zero-order chi connectivity index (χ0) is 14.5. The Morgan fingerprint density at radius 1 is 1.30 bits per heavy atom. The standard InChI is InChI=1S/C16H24N2O2/c1-3-13-8-10-14(11-9-13)17-12(2)15-6-4-5-7-16(15)18(19)20/h4-7,12-14,17H,3,8-11H2,1-2H3. The van der Waals surface area contributed by atoms with Crippen LogP contribution in [-0.2, 0) is 0 Å². The Bertz CT molecular complexity index is 454. The van der Waals surface area contributed by atoms with Gasteiger partial charge in [-0.15, -0.1) is 0 Å². The third-order valence-electron chi connectivity index (χ3n) is 4.51. The van der Waals surface area contributed by atoms with Crippen molar-refractivity contribution in [1.82, 2.24) is 5.32 Å². The molecule has 0 radical (unpaired) electrons. The van der Waals surface area contributed by atoms with Crippen molar-refractivity contribution in [2.75, 3.05) is 0 Å². The average Bonchev–Trinajstić information content (AvgIpc) is 2.48. The van der Waals surface area contributed by atoms with Crippen molar-refractivity contribution in [3.63, 3.8) is 0 Å². The zero-order valence-electron chi connectivity index (χ0n) is 12.3. The van der Waals surface area contributed by atoms with Crippen molar-refractivity contribution >= 4 is 5.69 Å². The minimum Gasteiger partial charge on any atom is -0.307 e. The molecule has 110 valence electrons. The third-order valence-corrected chi connectivity index (χ3v) is 4.51. The van der Waals surface area contributed by atoms with Crippen LogP contribution in [0.1, 0.15) is 57.6 Å². The number of para-hydroxylation sites is 1. The fourth-order valence-corrected chi connectivity index (χ4v) is 3.20. The van der Waals surface area contributed by atoms with Crippen molar-refractivity contribution < 1.29 is 4.92 Å². The van der Waals surface area contributed by atoms with E-state index in [1.54, 1.807) is 12.1 Å². The number of hydrogen-bond donors (Lipinski definition) is 1. The molecule has 0 amide bonds. The lowest BCUT2D eigenvalue weighted by Crippen LogP contribution is -2.35. The van der Waals surface area contributed by atoms with E-state index < -0.39 is 0 Å². The molecular formula is C16H24N2O2. The summed E-state index contributed by atoms with van der Waals surface area (Å²) in [5, 5.41) is 14.6. The van der Waals surface area contributed by atoms with Gasteiger partial charge in [-0.2, -0.15) is 0 Å². The van der Waals surface area contributed by atoms with Crippen molar-refractivity contribution in [2.45, 2.75) is 58.0 Å². The molecule has 0 saturated heterocycles. The lowest BCUT2D eigenvalue weighted by Gasteiger charge is -2.30. The average molecular weight is 276 g/mol. The first kappa shape index (κ1) is 15.0. The van der Waals surface area contributed by atoms with Gasteiger partial charge in [-0.1, -0.05) is 31.5 Å². The van der Waals surface area contributed by atoms with E-state index in [0.29, 0.717) is 6.04 Å². The summed E-state index contributed by atoms with van der Waals surface area (Å²) in [6.07, 6.45) is 6.19. The molecule has 1 aromatic carbocycles. The molecule has 2 rings (SSSR count). The van der Waals surface area contributed by atoms with Crippen LogP contribution in [0.4, 0.5) is 5.69 Å². The molecule has 20 heavy (non-hydrogen) atoms. The molecule has 1 saturated carbocycles. The molecule has 0 aromatic heterocycles. The molecule has 1 atom stereocenters. The van der Waals surface area contributed by atoms with Crippen molar-refractivity contribution in [3.8, 4) is 0 Å². The second kappa shape index (κ2) is 6.84. The van der Waals surface area contributed by atoms with Crippen molar-refractivity contribution in [2.24, 2.45) is 5.92 Å². The molecule has 1 aliphatic rings. The van der Waals surface area contributed by atoms with E-state index in [0.717, 1.165) is 11.5 Å². The lowest BCUT2D eigenvalue weighted by atomic mass is 9.84. The van der Waals surface area contributed by atoms with Crippen molar-refractivity contribution in [1.29, 1.82) is 0 Å². The first-order chi connectivity index (χ1) is 9.61. The van der Waals surface area contributed by atoms with Crippen LogP contribution in [-0.4, -0.2) is 11.0 Å². The Morgan fingerprint density at radius 3 is 2.55 bits per heavy atom. The first-order valence-electron chi connectivity index (χ1n) is 7.61. The van der Waals surface area contributed by atoms with E-state index in [-0.39, 0.29) is 16.7 Å². The summed E-state index contributed by atoms with van der Waals surface area (Å²) >= 11 is 0. The number of nitrogens with zero attached hydrogens (tertiary/aromatic N) is 1. The zero-order valence-corrected chi connectivity index (χ0v) is 12.3. The van der Waals surface area contributed by atoms with Crippen LogP contribution in [0.15, 0.2) is 24.3 Å². The summed E-state index contributed by atoms with van der Waals surface area (Å²) in [6.45, 7) is 4.28. The molecule has 0 heterocycles. The fraction of sp³-hybridized carbons (Fsp3) is 0.625. The van der Waals surface area contributed by atoms with E-state index in [1.807, 2.05) is 19.1 Å². The van der Waals surface area contributed by atoms with Gasteiger partial charge in [-0.05, 0) is 38.5 Å². The van der Waals surface area contributed by atoms with Crippen LogP contribution < -0.4 is 5.32 Å². The molecule has 4 nitrogen and oxygen atoms in total. The Labute approximate surface area is 120 Å². The van der Waals surface area contributed by atoms with Crippen LogP contribution in [0.2, 0.25) is 0 Å². The van der Waals surface area contributed by atoms with Crippen LogP contribution >= 0.6 is 0 Å². The van der Waals surface area contributed by atoms with E-state index in [9.17, 15) is 10.1 Å². The van der Waals surface area contributed by atoms with E-state index >= 15 is 0 Å². The quantitative estimate of drug-likeness (QED) is 0.647. The summed E-state index contributed by atoms with van der Waals surface area (Å²) in [4.78, 5) is 10.8. The maximum Gasteiger partial charge on any atom is 0.274 e. The highest BCUT2D eigenvalue weighted by molar-refractivity contribution is 5.41. The topological polar surface area (TPSA) is 55.2 Å². The fourth-order valence-electron chi connectivity index (χ4n) is 3.20. The Morgan fingerprint density at radius 2 is 1.95 bits per heavy atom. The normalized spacial score (nSPS) is 24.3. The van der Waals surface area contributed by atoms with Crippen LogP contribution in [0, 0.1) is 16.0 Å². The van der Waals surface area contributed by atoms with E-state index in [2.05, 4.69) is 12.2 Å². The number of nitrogens with one attached hydrogen (secondary N) is 1. The predicted molar refractivity (Wildman–Crippen MR) is 80.7 cm³/mol. The highest BCUT2D eigenvalue weighted by atomic mass is 16.6. The minimum atomic E-state index is -0.290. The molecular weight excluding hydrogens is 252 g/mol. The summed E-state index contributed by atoms with van der Waals surface area (Å²) < 4.78 is 0. The Balaban J connectivity index is 1.99. The highest BCUT2D eigenvalue weighted by Gasteiger charge is 2.24. The lowest BCUT2D eigenvalue weighted by molar-refractivity contribution is -0.385. The molecule has 0 aliphatic heterocycles. The van der Waals surface area contributed by atoms with E-state index in [4.69, 9.17) is 0 Å². The number of hydrogen-bond acceptors (Lipinski definition) is 3. The van der Waals surface area contributed by atoms with E-state index in [1.165, 1.54) is 32.1 Å². The molecule has 1 aliphatic carbocycles. The second-order valence-corrected chi connectivity index (χ2v) is 5.83. The maximum absolute atomic E-state index is 11.1. The summed E-state index contributed by atoms with van der Waals surface area (Å²) in [5.74, 6) is 0.870.